The molecule has 92 valence electrons. The fraction of sp³-hybridized carbons (Fsp3) is 0.917. The zero-order valence-electron chi connectivity index (χ0n) is 10.2. The Hall–Kier alpha value is -0.610. The normalized spacial score (nSPS) is 24.5. The molecule has 0 radical (unpaired) electrons. The molecule has 4 nitrogen and oxygen atoms in total. The summed E-state index contributed by atoms with van der Waals surface area (Å²) in [6.07, 6.45) is 3.19. The molecular formula is C12H23N3O. The van der Waals surface area contributed by atoms with E-state index in [4.69, 9.17) is 5.73 Å². The van der Waals surface area contributed by atoms with Crippen LogP contribution in [0.25, 0.3) is 0 Å². The Kier molecular flexibility index (Phi) is 3.50. The minimum atomic E-state index is -0.160. The van der Waals surface area contributed by atoms with Crippen LogP contribution in [-0.2, 0) is 4.79 Å². The third-order valence-corrected chi connectivity index (χ3v) is 3.90. The van der Waals surface area contributed by atoms with Crippen LogP contribution in [0.15, 0.2) is 0 Å². The molecule has 1 aliphatic carbocycles. The van der Waals surface area contributed by atoms with Gasteiger partial charge in [0.15, 0.2) is 0 Å². The maximum absolute atomic E-state index is 12.2. The summed E-state index contributed by atoms with van der Waals surface area (Å²) >= 11 is 0. The van der Waals surface area contributed by atoms with E-state index in [1.165, 1.54) is 6.42 Å². The molecule has 1 saturated carbocycles. The van der Waals surface area contributed by atoms with Gasteiger partial charge < -0.3 is 10.6 Å². The number of piperazine rings is 1. The van der Waals surface area contributed by atoms with Gasteiger partial charge >= 0.3 is 0 Å². The van der Waals surface area contributed by atoms with Crippen molar-refractivity contribution in [3.8, 4) is 0 Å². The van der Waals surface area contributed by atoms with Crippen LogP contribution in [0.5, 0.6) is 0 Å². The van der Waals surface area contributed by atoms with E-state index in [2.05, 4.69) is 11.8 Å². The predicted octanol–water partition coefficient (Wildman–Crippen LogP) is 0.280. The van der Waals surface area contributed by atoms with Crippen LogP contribution in [0.2, 0.25) is 0 Å². The van der Waals surface area contributed by atoms with E-state index in [9.17, 15) is 4.79 Å². The summed E-state index contributed by atoms with van der Waals surface area (Å²) in [6.45, 7) is 7.72. The van der Waals surface area contributed by atoms with Crippen molar-refractivity contribution in [2.75, 3.05) is 39.3 Å². The average Bonchev–Trinajstić information content (AvgIpc) is 3.10. The molecule has 0 atom stereocenters. The Labute approximate surface area is 97.8 Å². The molecule has 0 aromatic heterocycles. The van der Waals surface area contributed by atoms with E-state index in [1.54, 1.807) is 0 Å². The van der Waals surface area contributed by atoms with Crippen molar-refractivity contribution in [3.63, 3.8) is 0 Å². The van der Waals surface area contributed by atoms with Crippen molar-refractivity contribution < 1.29 is 4.79 Å². The van der Waals surface area contributed by atoms with Gasteiger partial charge in [-0.25, -0.2) is 0 Å². The lowest BCUT2D eigenvalue weighted by Crippen LogP contribution is -2.51. The van der Waals surface area contributed by atoms with Gasteiger partial charge in [-0.3, -0.25) is 9.69 Å². The summed E-state index contributed by atoms with van der Waals surface area (Å²) in [7, 11) is 0. The fourth-order valence-electron chi connectivity index (χ4n) is 2.48. The molecule has 0 aromatic rings. The van der Waals surface area contributed by atoms with Crippen molar-refractivity contribution in [1.82, 2.24) is 9.80 Å². The molecule has 16 heavy (non-hydrogen) atoms. The Balaban J connectivity index is 1.82. The fourth-order valence-corrected chi connectivity index (χ4v) is 2.48. The zero-order valence-corrected chi connectivity index (χ0v) is 10.2. The largest absolute Gasteiger partial charge is 0.340 e. The second-order valence-electron chi connectivity index (χ2n) is 5.12. The lowest BCUT2D eigenvalue weighted by molar-refractivity contribution is -0.138. The molecule has 1 aliphatic heterocycles. The average molecular weight is 225 g/mol. The highest BCUT2D eigenvalue weighted by Crippen LogP contribution is 2.46. The van der Waals surface area contributed by atoms with Crippen molar-refractivity contribution >= 4 is 5.91 Å². The van der Waals surface area contributed by atoms with Crippen molar-refractivity contribution in [2.45, 2.75) is 26.2 Å². The number of nitrogens with two attached hydrogens (primary N) is 1. The molecule has 2 aliphatic rings. The lowest BCUT2D eigenvalue weighted by atomic mass is 10.1. The molecule has 2 rings (SSSR count). The van der Waals surface area contributed by atoms with Gasteiger partial charge in [-0.05, 0) is 25.8 Å². The van der Waals surface area contributed by atoms with E-state index in [0.717, 1.165) is 45.6 Å². The Morgan fingerprint density at radius 1 is 1.25 bits per heavy atom. The summed E-state index contributed by atoms with van der Waals surface area (Å²) in [4.78, 5) is 16.7. The van der Waals surface area contributed by atoms with Gasteiger partial charge in [0.2, 0.25) is 5.91 Å². The zero-order chi connectivity index (χ0) is 11.6. The van der Waals surface area contributed by atoms with Crippen LogP contribution >= 0.6 is 0 Å². The van der Waals surface area contributed by atoms with Gasteiger partial charge in [0.05, 0.1) is 5.41 Å². The summed E-state index contributed by atoms with van der Waals surface area (Å²) in [5.74, 6) is 0.311. The Morgan fingerprint density at radius 2 is 1.88 bits per heavy atom. The van der Waals surface area contributed by atoms with Gasteiger partial charge in [0.1, 0.15) is 0 Å². The molecule has 0 spiro atoms. The topological polar surface area (TPSA) is 49.6 Å². The highest BCUT2D eigenvalue weighted by Gasteiger charge is 2.50. The number of rotatable bonds is 4. The minimum Gasteiger partial charge on any atom is -0.340 e. The summed E-state index contributed by atoms with van der Waals surface area (Å²) in [5, 5.41) is 0. The van der Waals surface area contributed by atoms with Crippen LogP contribution in [0.1, 0.15) is 26.2 Å². The highest BCUT2D eigenvalue weighted by molar-refractivity contribution is 5.85. The van der Waals surface area contributed by atoms with Crippen LogP contribution in [0.4, 0.5) is 0 Å². The standard InChI is InChI=1S/C12H23N3O/c1-2-5-14-6-8-15(9-7-14)11(16)12(10-13)3-4-12/h2-10,13H2,1H3. The van der Waals surface area contributed by atoms with Gasteiger partial charge in [0, 0.05) is 32.7 Å². The Morgan fingerprint density at radius 3 is 2.31 bits per heavy atom. The molecule has 1 amide bonds. The SMILES string of the molecule is CCCN1CCN(C(=O)C2(CN)CC2)CC1. The number of hydrogen-bond donors (Lipinski definition) is 1. The van der Waals surface area contributed by atoms with E-state index in [0.29, 0.717) is 12.5 Å². The van der Waals surface area contributed by atoms with Gasteiger partial charge in [-0.15, -0.1) is 0 Å². The number of carbonyl (C=O) groups excluding carboxylic acids is 1. The molecule has 1 saturated heterocycles. The second kappa shape index (κ2) is 4.72. The highest BCUT2D eigenvalue weighted by atomic mass is 16.2. The quantitative estimate of drug-likeness (QED) is 0.747. The maximum atomic E-state index is 12.2. The second-order valence-corrected chi connectivity index (χ2v) is 5.12. The lowest BCUT2D eigenvalue weighted by Gasteiger charge is -2.36. The third kappa shape index (κ3) is 2.23. The third-order valence-electron chi connectivity index (χ3n) is 3.90. The van der Waals surface area contributed by atoms with E-state index >= 15 is 0 Å². The predicted molar refractivity (Wildman–Crippen MR) is 64.0 cm³/mol. The number of nitrogens with zero attached hydrogens (tertiary/aromatic N) is 2. The monoisotopic (exact) mass is 225 g/mol. The van der Waals surface area contributed by atoms with Gasteiger partial charge in [0.25, 0.3) is 0 Å². The van der Waals surface area contributed by atoms with Crippen molar-refractivity contribution in [1.29, 1.82) is 0 Å². The van der Waals surface area contributed by atoms with Crippen molar-refractivity contribution in [2.24, 2.45) is 11.1 Å². The van der Waals surface area contributed by atoms with E-state index in [-0.39, 0.29) is 5.41 Å². The molecule has 1 heterocycles. The Bertz CT molecular complexity index is 255. The number of carbonyl (C=O) groups is 1. The minimum absolute atomic E-state index is 0.160. The molecular weight excluding hydrogens is 202 g/mol. The summed E-state index contributed by atoms with van der Waals surface area (Å²) < 4.78 is 0. The number of amides is 1. The van der Waals surface area contributed by atoms with E-state index in [1.807, 2.05) is 4.90 Å². The first kappa shape index (κ1) is 11.9. The first-order valence-corrected chi connectivity index (χ1v) is 6.43. The summed E-state index contributed by atoms with van der Waals surface area (Å²) in [6, 6.07) is 0. The van der Waals surface area contributed by atoms with Crippen LogP contribution in [0, 0.1) is 5.41 Å². The molecule has 0 aromatic carbocycles. The van der Waals surface area contributed by atoms with Crippen molar-refractivity contribution in [3.05, 3.63) is 0 Å². The molecule has 2 N–H and O–H groups in total. The molecule has 2 fully saturated rings. The summed E-state index contributed by atoms with van der Waals surface area (Å²) in [5.41, 5.74) is 5.53. The first-order chi connectivity index (χ1) is 7.72. The number of hydrogen-bond acceptors (Lipinski definition) is 3. The van der Waals surface area contributed by atoms with Gasteiger partial charge in [-0.2, -0.15) is 0 Å². The van der Waals surface area contributed by atoms with Gasteiger partial charge in [-0.1, -0.05) is 6.92 Å². The molecule has 0 bridgehead atoms. The van der Waals surface area contributed by atoms with Crippen LogP contribution in [0.3, 0.4) is 0 Å². The van der Waals surface area contributed by atoms with Crippen LogP contribution in [-0.4, -0.2) is 55.0 Å². The first-order valence-electron chi connectivity index (χ1n) is 6.43. The van der Waals surface area contributed by atoms with Crippen LogP contribution < -0.4 is 5.73 Å². The molecule has 0 unspecified atom stereocenters. The molecule has 4 heteroatoms. The maximum Gasteiger partial charge on any atom is 0.230 e. The van der Waals surface area contributed by atoms with E-state index < -0.39 is 0 Å². The smallest absolute Gasteiger partial charge is 0.230 e.